The Morgan fingerprint density at radius 3 is 3.00 bits per heavy atom. The van der Waals surface area contributed by atoms with Crippen LogP contribution < -0.4 is 5.32 Å². The van der Waals surface area contributed by atoms with E-state index in [2.05, 4.69) is 21.2 Å². The summed E-state index contributed by atoms with van der Waals surface area (Å²) in [4.78, 5) is 12.0. The van der Waals surface area contributed by atoms with Gasteiger partial charge < -0.3 is 10.1 Å². The summed E-state index contributed by atoms with van der Waals surface area (Å²) in [5.41, 5.74) is 0.575. The fraction of sp³-hybridized carbons (Fsp3) is 0.462. The molecule has 5 heteroatoms. The molecule has 3 nitrogen and oxygen atoms in total. The summed E-state index contributed by atoms with van der Waals surface area (Å²) in [6, 6.07) is 5.19. The summed E-state index contributed by atoms with van der Waals surface area (Å²) < 4.78 is 6.19. The van der Waals surface area contributed by atoms with E-state index in [1.807, 2.05) is 0 Å². The average Bonchev–Trinajstić information content (AvgIpc) is 2.36. The van der Waals surface area contributed by atoms with Gasteiger partial charge in [0.15, 0.2) is 0 Å². The highest BCUT2D eigenvalue weighted by atomic mass is 79.9. The summed E-state index contributed by atoms with van der Waals surface area (Å²) in [5, 5.41) is 3.48. The Labute approximate surface area is 120 Å². The molecule has 1 amide bonds. The Morgan fingerprint density at radius 1 is 1.50 bits per heavy atom. The highest BCUT2D eigenvalue weighted by Crippen LogP contribution is 2.19. The van der Waals surface area contributed by atoms with Crippen LogP contribution in [-0.2, 0) is 4.74 Å². The summed E-state index contributed by atoms with van der Waals surface area (Å²) in [5.74, 6) is 0.328. The standard InChI is InChI=1S/C13H15BrClNO2/c14-11-4-10(5-12(15)6-11)13(17)16-7-9-2-1-3-18-8-9/h4-6,9H,1-3,7-8H2,(H,16,17). The van der Waals surface area contributed by atoms with E-state index in [1.54, 1.807) is 18.2 Å². The van der Waals surface area contributed by atoms with Crippen LogP contribution in [0, 0.1) is 5.92 Å². The van der Waals surface area contributed by atoms with Crippen LogP contribution in [-0.4, -0.2) is 25.7 Å². The third kappa shape index (κ3) is 3.97. The second-order valence-electron chi connectivity index (χ2n) is 4.45. The first-order valence-corrected chi connectivity index (χ1v) is 7.14. The number of hydrogen-bond donors (Lipinski definition) is 1. The molecular weight excluding hydrogens is 318 g/mol. The minimum Gasteiger partial charge on any atom is -0.381 e. The second-order valence-corrected chi connectivity index (χ2v) is 5.80. The molecule has 1 aliphatic rings. The number of carbonyl (C=O) groups excluding carboxylic acids is 1. The number of halogens is 2. The van der Waals surface area contributed by atoms with Gasteiger partial charge in [-0.15, -0.1) is 0 Å². The Morgan fingerprint density at radius 2 is 2.33 bits per heavy atom. The normalized spacial score (nSPS) is 19.6. The number of hydrogen-bond acceptors (Lipinski definition) is 2. The molecule has 2 rings (SSSR count). The summed E-state index contributed by atoms with van der Waals surface area (Å²) in [7, 11) is 0. The van der Waals surface area contributed by atoms with Crippen molar-refractivity contribution in [3.63, 3.8) is 0 Å². The van der Waals surface area contributed by atoms with E-state index in [0.29, 0.717) is 23.0 Å². The number of nitrogens with one attached hydrogen (secondary N) is 1. The Bertz CT molecular complexity index is 413. The SMILES string of the molecule is O=C(NCC1CCCOC1)c1cc(Cl)cc(Br)c1. The van der Waals surface area contributed by atoms with E-state index in [9.17, 15) is 4.79 Å². The topological polar surface area (TPSA) is 38.3 Å². The molecule has 0 saturated carbocycles. The van der Waals surface area contributed by atoms with E-state index < -0.39 is 0 Å². The van der Waals surface area contributed by atoms with Crippen molar-refractivity contribution in [1.29, 1.82) is 0 Å². The van der Waals surface area contributed by atoms with Crippen molar-refractivity contribution in [2.45, 2.75) is 12.8 Å². The van der Waals surface area contributed by atoms with Gasteiger partial charge in [-0.3, -0.25) is 4.79 Å². The Hall–Kier alpha value is -0.580. The minimum atomic E-state index is -0.0937. The zero-order chi connectivity index (χ0) is 13.0. The molecule has 1 aliphatic heterocycles. The maximum Gasteiger partial charge on any atom is 0.251 e. The van der Waals surface area contributed by atoms with Crippen molar-refractivity contribution in [2.24, 2.45) is 5.92 Å². The fourth-order valence-electron chi connectivity index (χ4n) is 1.99. The molecule has 1 unspecified atom stereocenters. The molecule has 0 aliphatic carbocycles. The van der Waals surface area contributed by atoms with Gasteiger partial charge in [-0.2, -0.15) is 0 Å². The predicted molar refractivity (Wildman–Crippen MR) is 75.0 cm³/mol. The molecule has 0 bridgehead atoms. The first kappa shape index (κ1) is 13.8. The quantitative estimate of drug-likeness (QED) is 0.922. The largest absolute Gasteiger partial charge is 0.381 e. The summed E-state index contributed by atoms with van der Waals surface area (Å²) >= 11 is 9.24. The van der Waals surface area contributed by atoms with Crippen LogP contribution in [0.5, 0.6) is 0 Å². The van der Waals surface area contributed by atoms with Gasteiger partial charge >= 0.3 is 0 Å². The van der Waals surface area contributed by atoms with Crippen LogP contribution in [0.4, 0.5) is 0 Å². The lowest BCUT2D eigenvalue weighted by Gasteiger charge is -2.22. The average molecular weight is 333 g/mol. The molecule has 1 saturated heterocycles. The van der Waals surface area contributed by atoms with E-state index >= 15 is 0 Å². The number of rotatable bonds is 3. The number of ether oxygens (including phenoxy) is 1. The smallest absolute Gasteiger partial charge is 0.251 e. The van der Waals surface area contributed by atoms with Gasteiger partial charge in [0.1, 0.15) is 0 Å². The Balaban J connectivity index is 1.90. The van der Waals surface area contributed by atoms with Gasteiger partial charge in [-0.25, -0.2) is 0 Å². The van der Waals surface area contributed by atoms with Gasteiger partial charge in [0.25, 0.3) is 5.91 Å². The number of amides is 1. The zero-order valence-electron chi connectivity index (χ0n) is 9.92. The summed E-state index contributed by atoms with van der Waals surface area (Å²) in [6.07, 6.45) is 2.18. The molecule has 98 valence electrons. The zero-order valence-corrected chi connectivity index (χ0v) is 12.3. The van der Waals surface area contributed by atoms with Crippen molar-refractivity contribution in [3.8, 4) is 0 Å². The highest BCUT2D eigenvalue weighted by molar-refractivity contribution is 9.10. The molecule has 1 atom stereocenters. The van der Waals surface area contributed by atoms with Gasteiger partial charge in [-0.1, -0.05) is 27.5 Å². The molecule has 1 aromatic rings. The lowest BCUT2D eigenvalue weighted by Crippen LogP contribution is -2.33. The Kier molecular flexibility index (Phi) is 5.03. The second kappa shape index (κ2) is 6.55. The van der Waals surface area contributed by atoms with Gasteiger partial charge in [0.05, 0.1) is 6.61 Å². The molecule has 1 heterocycles. The van der Waals surface area contributed by atoms with E-state index in [0.717, 1.165) is 30.5 Å². The minimum absolute atomic E-state index is 0.0937. The van der Waals surface area contributed by atoms with Crippen LogP contribution in [0.2, 0.25) is 5.02 Å². The van der Waals surface area contributed by atoms with Crippen molar-refractivity contribution in [3.05, 3.63) is 33.3 Å². The van der Waals surface area contributed by atoms with Crippen LogP contribution in [0.25, 0.3) is 0 Å². The molecule has 0 aromatic heterocycles. The van der Waals surface area contributed by atoms with Crippen LogP contribution in [0.3, 0.4) is 0 Å². The van der Waals surface area contributed by atoms with Crippen molar-refractivity contribution in [1.82, 2.24) is 5.32 Å². The fourth-order valence-corrected chi connectivity index (χ4v) is 2.85. The van der Waals surface area contributed by atoms with E-state index in [-0.39, 0.29) is 5.91 Å². The van der Waals surface area contributed by atoms with Crippen LogP contribution in [0.15, 0.2) is 22.7 Å². The van der Waals surface area contributed by atoms with E-state index in [1.165, 1.54) is 0 Å². The molecule has 1 fully saturated rings. The molecule has 1 N–H and O–H groups in total. The van der Waals surface area contributed by atoms with Gasteiger partial charge in [0, 0.05) is 28.2 Å². The highest BCUT2D eigenvalue weighted by Gasteiger charge is 2.15. The van der Waals surface area contributed by atoms with Crippen LogP contribution in [0.1, 0.15) is 23.2 Å². The first-order chi connectivity index (χ1) is 8.65. The third-order valence-electron chi connectivity index (χ3n) is 2.93. The molecule has 0 spiro atoms. The molecule has 18 heavy (non-hydrogen) atoms. The predicted octanol–water partition coefficient (Wildman–Crippen LogP) is 3.26. The summed E-state index contributed by atoms with van der Waals surface area (Å²) in [6.45, 7) is 2.23. The molecule has 0 radical (unpaired) electrons. The van der Waals surface area contributed by atoms with Crippen molar-refractivity contribution >= 4 is 33.4 Å². The van der Waals surface area contributed by atoms with Gasteiger partial charge in [-0.05, 0) is 37.0 Å². The van der Waals surface area contributed by atoms with Crippen molar-refractivity contribution < 1.29 is 9.53 Å². The number of carbonyl (C=O) groups is 1. The lowest BCUT2D eigenvalue weighted by atomic mass is 10.0. The monoisotopic (exact) mass is 331 g/mol. The molecular formula is C13H15BrClNO2. The maximum absolute atomic E-state index is 12.0. The van der Waals surface area contributed by atoms with E-state index in [4.69, 9.17) is 16.3 Å². The lowest BCUT2D eigenvalue weighted by molar-refractivity contribution is 0.0536. The third-order valence-corrected chi connectivity index (χ3v) is 3.61. The van der Waals surface area contributed by atoms with Gasteiger partial charge in [0.2, 0.25) is 0 Å². The molecule has 1 aromatic carbocycles. The first-order valence-electron chi connectivity index (χ1n) is 5.97. The number of benzene rings is 1. The van der Waals surface area contributed by atoms with Crippen LogP contribution >= 0.6 is 27.5 Å². The van der Waals surface area contributed by atoms with Crippen molar-refractivity contribution in [2.75, 3.05) is 19.8 Å². The maximum atomic E-state index is 12.0.